The maximum Gasteiger partial charge on any atom is 0.187 e. The SMILES string of the molecule is [O-][S+]1NC(NO)=Cc2ccccc21. The highest BCUT2D eigenvalue weighted by Gasteiger charge is 2.21. The van der Waals surface area contributed by atoms with Gasteiger partial charge >= 0.3 is 0 Å². The zero-order valence-electron chi connectivity index (χ0n) is 6.65. The van der Waals surface area contributed by atoms with E-state index in [2.05, 4.69) is 4.72 Å². The molecule has 13 heavy (non-hydrogen) atoms. The van der Waals surface area contributed by atoms with Crippen molar-refractivity contribution in [1.29, 1.82) is 0 Å². The summed E-state index contributed by atoms with van der Waals surface area (Å²) in [5, 5.41) is 8.62. The molecule has 1 aromatic carbocycles. The van der Waals surface area contributed by atoms with Crippen molar-refractivity contribution >= 4 is 17.4 Å². The van der Waals surface area contributed by atoms with E-state index in [0.29, 0.717) is 5.82 Å². The van der Waals surface area contributed by atoms with Gasteiger partial charge < -0.3 is 4.55 Å². The van der Waals surface area contributed by atoms with Crippen LogP contribution in [-0.4, -0.2) is 9.76 Å². The lowest BCUT2D eigenvalue weighted by Gasteiger charge is -2.18. The molecule has 1 unspecified atom stereocenters. The zero-order valence-corrected chi connectivity index (χ0v) is 7.47. The Balaban J connectivity index is 2.46. The second kappa shape index (κ2) is 3.29. The van der Waals surface area contributed by atoms with E-state index in [1.807, 2.05) is 23.7 Å². The molecule has 0 fully saturated rings. The third-order valence-electron chi connectivity index (χ3n) is 1.74. The van der Waals surface area contributed by atoms with E-state index in [-0.39, 0.29) is 0 Å². The number of hydroxylamine groups is 1. The number of hydrogen-bond acceptors (Lipinski definition) is 4. The van der Waals surface area contributed by atoms with Crippen molar-refractivity contribution in [1.82, 2.24) is 10.2 Å². The zero-order chi connectivity index (χ0) is 9.26. The number of nitrogens with one attached hydrogen (secondary N) is 2. The smallest absolute Gasteiger partial charge is 0.187 e. The molecule has 1 aliphatic heterocycles. The Morgan fingerprint density at radius 1 is 1.38 bits per heavy atom. The van der Waals surface area contributed by atoms with Crippen molar-refractivity contribution in [3.63, 3.8) is 0 Å². The van der Waals surface area contributed by atoms with Crippen molar-refractivity contribution in [2.45, 2.75) is 4.90 Å². The van der Waals surface area contributed by atoms with Gasteiger partial charge in [-0.3, -0.25) is 10.7 Å². The van der Waals surface area contributed by atoms with Gasteiger partial charge in [0.2, 0.25) is 0 Å². The Morgan fingerprint density at radius 3 is 2.92 bits per heavy atom. The number of benzene rings is 1. The molecule has 1 aliphatic rings. The van der Waals surface area contributed by atoms with Crippen LogP contribution in [0, 0.1) is 0 Å². The van der Waals surface area contributed by atoms with Gasteiger partial charge in [-0.1, -0.05) is 12.1 Å². The average Bonchev–Trinajstić information content (AvgIpc) is 2.18. The lowest BCUT2D eigenvalue weighted by atomic mass is 10.2. The van der Waals surface area contributed by atoms with Crippen LogP contribution in [-0.2, 0) is 11.4 Å². The number of fused-ring (bicyclic) bond motifs is 1. The van der Waals surface area contributed by atoms with Gasteiger partial charge in [0.15, 0.2) is 10.7 Å². The molecule has 68 valence electrons. The van der Waals surface area contributed by atoms with Gasteiger partial charge in [-0.15, -0.1) is 0 Å². The Kier molecular flexibility index (Phi) is 2.13. The molecule has 1 atom stereocenters. The van der Waals surface area contributed by atoms with Gasteiger partial charge in [-0.2, -0.15) is 4.72 Å². The predicted molar refractivity (Wildman–Crippen MR) is 48.9 cm³/mol. The second-order valence-corrected chi connectivity index (χ2v) is 3.76. The van der Waals surface area contributed by atoms with Crippen LogP contribution >= 0.6 is 0 Å². The van der Waals surface area contributed by atoms with E-state index in [1.165, 1.54) is 0 Å². The summed E-state index contributed by atoms with van der Waals surface area (Å²) < 4.78 is 14.1. The van der Waals surface area contributed by atoms with Crippen LogP contribution in [0.2, 0.25) is 0 Å². The van der Waals surface area contributed by atoms with Gasteiger partial charge in [0, 0.05) is 5.56 Å². The number of hydrogen-bond donors (Lipinski definition) is 3. The quantitative estimate of drug-likeness (QED) is 0.454. The van der Waals surface area contributed by atoms with Crippen LogP contribution in [0.3, 0.4) is 0 Å². The van der Waals surface area contributed by atoms with Gasteiger partial charge in [-0.25, -0.2) is 0 Å². The molecular formula is C8H8N2O2S. The molecule has 3 N–H and O–H groups in total. The summed E-state index contributed by atoms with van der Waals surface area (Å²) in [6.45, 7) is 0. The van der Waals surface area contributed by atoms with Crippen LogP contribution < -0.4 is 10.2 Å². The molecule has 0 saturated heterocycles. The molecule has 0 radical (unpaired) electrons. The third kappa shape index (κ3) is 1.49. The Labute approximate surface area is 78.5 Å². The monoisotopic (exact) mass is 196 g/mol. The standard InChI is InChI=1S/C8H8N2O2S/c11-9-8-5-6-3-1-2-4-7(6)13(12)10-8/h1-5,9-11H. The van der Waals surface area contributed by atoms with E-state index < -0.39 is 11.4 Å². The lowest BCUT2D eigenvalue weighted by Crippen LogP contribution is -2.32. The molecule has 1 aromatic rings. The van der Waals surface area contributed by atoms with Gasteiger partial charge in [-0.05, 0) is 18.2 Å². The molecule has 0 aliphatic carbocycles. The summed E-state index contributed by atoms with van der Waals surface area (Å²) in [5.41, 5.74) is 2.78. The van der Waals surface area contributed by atoms with Crippen LogP contribution in [0.15, 0.2) is 35.0 Å². The summed E-state index contributed by atoms with van der Waals surface area (Å²) >= 11 is -1.29. The first kappa shape index (κ1) is 8.43. The highest BCUT2D eigenvalue weighted by atomic mass is 32.2. The lowest BCUT2D eigenvalue weighted by molar-refractivity contribution is 0.197. The molecule has 0 amide bonds. The van der Waals surface area contributed by atoms with Crippen LogP contribution in [0.1, 0.15) is 5.56 Å². The van der Waals surface area contributed by atoms with Crippen LogP contribution in [0.5, 0.6) is 0 Å². The minimum atomic E-state index is -1.29. The minimum absolute atomic E-state index is 0.344. The van der Waals surface area contributed by atoms with E-state index in [1.54, 1.807) is 12.1 Å². The van der Waals surface area contributed by atoms with Gasteiger partial charge in [0.05, 0.1) is 0 Å². The summed E-state index contributed by atoms with van der Waals surface area (Å²) in [5.74, 6) is 0.344. The summed E-state index contributed by atoms with van der Waals surface area (Å²) in [6.07, 6.45) is 1.69. The Hall–Kier alpha value is -1.17. The topological polar surface area (TPSA) is 67.3 Å². The first-order valence-corrected chi connectivity index (χ1v) is 4.85. The number of rotatable bonds is 1. The van der Waals surface area contributed by atoms with E-state index in [9.17, 15) is 4.55 Å². The predicted octanol–water partition coefficient (Wildman–Crippen LogP) is 0.590. The first-order chi connectivity index (χ1) is 6.31. The second-order valence-electron chi connectivity index (χ2n) is 2.58. The normalized spacial score (nSPS) is 19.8. The largest absolute Gasteiger partial charge is 0.588 e. The van der Waals surface area contributed by atoms with Crippen LogP contribution in [0.4, 0.5) is 0 Å². The molecule has 0 saturated carbocycles. The molecule has 2 rings (SSSR count). The average molecular weight is 196 g/mol. The van der Waals surface area contributed by atoms with E-state index >= 15 is 0 Å². The highest BCUT2D eigenvalue weighted by Crippen LogP contribution is 2.21. The molecular weight excluding hydrogens is 188 g/mol. The molecule has 5 heteroatoms. The molecule has 1 heterocycles. The van der Waals surface area contributed by atoms with Crippen molar-refractivity contribution in [3.05, 3.63) is 35.6 Å². The Bertz CT molecular complexity index is 354. The fraction of sp³-hybridized carbons (Fsp3) is 0. The summed E-state index contributed by atoms with van der Waals surface area (Å²) in [4.78, 5) is 0.724. The highest BCUT2D eigenvalue weighted by molar-refractivity contribution is 7.89. The van der Waals surface area contributed by atoms with Gasteiger partial charge in [0.1, 0.15) is 11.4 Å². The van der Waals surface area contributed by atoms with Crippen molar-refractivity contribution in [3.8, 4) is 0 Å². The molecule has 0 aromatic heterocycles. The van der Waals surface area contributed by atoms with E-state index in [0.717, 1.165) is 10.5 Å². The molecule has 0 spiro atoms. The van der Waals surface area contributed by atoms with Crippen molar-refractivity contribution < 1.29 is 9.76 Å². The fourth-order valence-electron chi connectivity index (χ4n) is 1.16. The van der Waals surface area contributed by atoms with Gasteiger partial charge in [0.25, 0.3) is 0 Å². The third-order valence-corrected chi connectivity index (χ3v) is 2.92. The van der Waals surface area contributed by atoms with Crippen molar-refractivity contribution in [2.24, 2.45) is 0 Å². The van der Waals surface area contributed by atoms with Crippen molar-refractivity contribution in [2.75, 3.05) is 0 Å². The molecule has 0 bridgehead atoms. The summed E-state index contributed by atoms with van der Waals surface area (Å²) in [7, 11) is 0. The minimum Gasteiger partial charge on any atom is -0.588 e. The van der Waals surface area contributed by atoms with Crippen LogP contribution in [0.25, 0.3) is 6.08 Å². The maximum atomic E-state index is 11.5. The first-order valence-electron chi connectivity index (χ1n) is 3.70. The maximum absolute atomic E-state index is 11.5. The fourth-order valence-corrected chi connectivity index (χ4v) is 2.12. The Morgan fingerprint density at radius 2 is 2.15 bits per heavy atom. The van der Waals surface area contributed by atoms with E-state index in [4.69, 9.17) is 5.21 Å². The summed E-state index contributed by atoms with van der Waals surface area (Å²) in [6, 6.07) is 7.30. The molecule has 4 nitrogen and oxygen atoms in total.